The van der Waals surface area contributed by atoms with Crippen molar-refractivity contribution in [3.05, 3.63) is 59.1 Å². The number of aliphatic hydroxyl groups is 3. The van der Waals surface area contributed by atoms with Crippen LogP contribution in [0, 0.1) is 0 Å². The average molecular weight is 458 g/mol. The van der Waals surface area contributed by atoms with Crippen LogP contribution in [0.3, 0.4) is 0 Å². The van der Waals surface area contributed by atoms with E-state index in [0.717, 1.165) is 6.08 Å². The van der Waals surface area contributed by atoms with E-state index in [0.29, 0.717) is 5.56 Å². The molecule has 1 fully saturated rings. The number of aromatic nitrogens is 3. The number of nitrogens with zero attached hydrogens (tertiary/aromatic N) is 3. The summed E-state index contributed by atoms with van der Waals surface area (Å²) in [5, 5.41) is 40.3. The molecule has 0 unspecified atom stereocenters. The van der Waals surface area contributed by atoms with E-state index in [4.69, 9.17) is 9.47 Å². The van der Waals surface area contributed by atoms with Gasteiger partial charge in [-0.3, -0.25) is 14.4 Å². The molecule has 174 valence electrons. The molecule has 4 rings (SSSR count). The van der Waals surface area contributed by atoms with E-state index in [9.17, 15) is 29.7 Å². The Morgan fingerprint density at radius 3 is 2.64 bits per heavy atom. The number of ketones is 2. The maximum absolute atomic E-state index is 12.6. The second kappa shape index (κ2) is 9.19. The molecule has 4 N–H and O–H groups in total. The van der Waals surface area contributed by atoms with Crippen molar-refractivity contribution >= 4 is 17.5 Å². The summed E-state index contributed by atoms with van der Waals surface area (Å²) in [6.45, 7) is 0.473. The number of ether oxygens (including phenoxy) is 2. The van der Waals surface area contributed by atoms with Crippen molar-refractivity contribution in [2.75, 3.05) is 6.61 Å². The summed E-state index contributed by atoms with van der Waals surface area (Å²) in [5.74, 6) is -1.38. The minimum atomic E-state index is -1.44. The Morgan fingerprint density at radius 1 is 1.21 bits per heavy atom. The van der Waals surface area contributed by atoms with Gasteiger partial charge in [-0.1, -0.05) is 29.5 Å². The Balaban J connectivity index is 1.50. The topological polar surface area (TPSA) is 173 Å². The van der Waals surface area contributed by atoms with E-state index in [2.05, 4.69) is 15.6 Å². The summed E-state index contributed by atoms with van der Waals surface area (Å²) in [4.78, 5) is 36.4. The first-order chi connectivity index (χ1) is 15.8. The van der Waals surface area contributed by atoms with Crippen LogP contribution in [0.1, 0.15) is 39.6 Å². The van der Waals surface area contributed by atoms with Gasteiger partial charge in [0.1, 0.15) is 36.7 Å². The van der Waals surface area contributed by atoms with Crippen LogP contribution in [-0.4, -0.2) is 78.7 Å². The Morgan fingerprint density at radius 2 is 1.94 bits per heavy atom. The van der Waals surface area contributed by atoms with E-state index >= 15 is 0 Å². The first kappa shape index (κ1) is 22.7. The van der Waals surface area contributed by atoms with Crippen LogP contribution >= 0.6 is 0 Å². The molecule has 1 amide bonds. The monoisotopic (exact) mass is 458 g/mol. The zero-order chi connectivity index (χ0) is 23.7. The molecule has 1 aliphatic heterocycles. The Kier molecular flexibility index (Phi) is 6.33. The van der Waals surface area contributed by atoms with Crippen LogP contribution < -0.4 is 5.32 Å². The van der Waals surface area contributed by atoms with E-state index in [1.54, 1.807) is 24.3 Å². The lowest BCUT2D eigenvalue weighted by molar-refractivity contribution is -0.219. The number of benzene rings is 1. The van der Waals surface area contributed by atoms with Crippen LogP contribution in [0.15, 0.2) is 42.3 Å². The summed E-state index contributed by atoms with van der Waals surface area (Å²) < 4.78 is 12.3. The lowest BCUT2D eigenvalue weighted by atomic mass is 9.94. The largest absolute Gasteiger partial charge is 0.483 e. The number of Topliss-reactive ketones (excluding diaryl/α,β-unsaturated/α-hetero) is 1. The van der Waals surface area contributed by atoms with E-state index < -0.39 is 48.9 Å². The molecule has 0 radical (unpaired) electrons. The summed E-state index contributed by atoms with van der Waals surface area (Å²) >= 11 is 0. The molecule has 12 heteroatoms. The number of aliphatic hydroxyl groups excluding tert-OH is 3. The molecule has 12 nitrogen and oxygen atoms in total. The first-order valence-electron chi connectivity index (χ1n) is 10.1. The van der Waals surface area contributed by atoms with Crippen LogP contribution in [0.5, 0.6) is 0 Å². The summed E-state index contributed by atoms with van der Waals surface area (Å²) in [7, 11) is 0. The Hall–Kier alpha value is -3.45. The van der Waals surface area contributed by atoms with Crippen molar-refractivity contribution in [3.8, 4) is 0 Å². The molecule has 1 aromatic carbocycles. The standard InChI is InChI=1S/C21H22N4O8/c1-10(27)22-17-20(31)19(30)16(8-26)33-21(17)25-7-11(23-24-25)9-32-15-6-14(28)12-4-2-3-5-13(12)18(15)29/h2-7,16-17,19-21,26,30-31H,8-9H2,1H3,(H,22,27)/t16-,17-,19-,20-,21-/m1/s1. The van der Waals surface area contributed by atoms with Crippen molar-refractivity contribution in [2.24, 2.45) is 0 Å². The number of allylic oxidation sites excluding steroid dienone is 2. The van der Waals surface area contributed by atoms with Crippen molar-refractivity contribution in [3.63, 3.8) is 0 Å². The van der Waals surface area contributed by atoms with Crippen molar-refractivity contribution < 1.29 is 39.2 Å². The van der Waals surface area contributed by atoms with Gasteiger partial charge in [0, 0.05) is 24.1 Å². The number of amides is 1. The van der Waals surface area contributed by atoms with Crippen molar-refractivity contribution in [1.29, 1.82) is 0 Å². The third kappa shape index (κ3) is 4.41. The number of fused-ring (bicyclic) bond motifs is 1. The molecule has 1 aromatic heterocycles. The van der Waals surface area contributed by atoms with Crippen LogP contribution in [0.4, 0.5) is 0 Å². The number of carbonyl (C=O) groups is 3. The van der Waals surface area contributed by atoms with Gasteiger partial charge in [-0.2, -0.15) is 0 Å². The van der Waals surface area contributed by atoms with Gasteiger partial charge in [0.05, 0.1) is 12.8 Å². The molecule has 0 spiro atoms. The second-order valence-corrected chi connectivity index (χ2v) is 7.68. The first-order valence-corrected chi connectivity index (χ1v) is 10.1. The third-order valence-electron chi connectivity index (χ3n) is 5.39. The molecule has 2 heterocycles. The smallest absolute Gasteiger partial charge is 0.228 e. The molecule has 2 aliphatic rings. The normalized spacial score (nSPS) is 27.0. The van der Waals surface area contributed by atoms with E-state index in [-0.39, 0.29) is 29.4 Å². The fourth-order valence-electron chi connectivity index (χ4n) is 3.77. The molecule has 0 saturated carbocycles. The van der Waals surface area contributed by atoms with Gasteiger partial charge >= 0.3 is 0 Å². The van der Waals surface area contributed by atoms with Gasteiger partial charge in [-0.15, -0.1) is 5.10 Å². The summed E-state index contributed by atoms with van der Waals surface area (Å²) in [6, 6.07) is 5.35. The Labute approximate surface area is 187 Å². The van der Waals surface area contributed by atoms with Gasteiger partial charge in [-0.05, 0) is 0 Å². The number of hydrogen-bond acceptors (Lipinski definition) is 10. The van der Waals surface area contributed by atoms with Crippen LogP contribution in [-0.2, 0) is 20.9 Å². The highest BCUT2D eigenvalue weighted by Crippen LogP contribution is 2.28. The zero-order valence-electron chi connectivity index (χ0n) is 17.5. The maximum atomic E-state index is 12.6. The highest BCUT2D eigenvalue weighted by molar-refractivity contribution is 6.23. The van der Waals surface area contributed by atoms with E-state index in [1.165, 1.54) is 17.8 Å². The number of hydrogen-bond donors (Lipinski definition) is 4. The van der Waals surface area contributed by atoms with Crippen LogP contribution in [0.25, 0.3) is 0 Å². The highest BCUT2D eigenvalue weighted by atomic mass is 16.5. The minimum Gasteiger partial charge on any atom is -0.483 e. The summed E-state index contributed by atoms with van der Waals surface area (Å²) in [5.41, 5.74) is 0.819. The van der Waals surface area contributed by atoms with Crippen molar-refractivity contribution in [1.82, 2.24) is 20.3 Å². The third-order valence-corrected chi connectivity index (χ3v) is 5.39. The predicted molar refractivity (Wildman–Crippen MR) is 109 cm³/mol. The predicted octanol–water partition coefficient (Wildman–Crippen LogP) is -1.13. The van der Waals surface area contributed by atoms with Gasteiger partial charge in [0.2, 0.25) is 11.7 Å². The number of carbonyl (C=O) groups excluding carboxylic acids is 3. The molecule has 5 atom stereocenters. The molecule has 1 aliphatic carbocycles. The van der Waals surface area contributed by atoms with Gasteiger partial charge in [0.25, 0.3) is 0 Å². The zero-order valence-corrected chi connectivity index (χ0v) is 17.5. The van der Waals surface area contributed by atoms with Crippen molar-refractivity contribution in [2.45, 2.75) is 44.1 Å². The second-order valence-electron chi connectivity index (χ2n) is 7.68. The fraction of sp³-hybridized carbons (Fsp3) is 0.381. The quantitative estimate of drug-likeness (QED) is 0.415. The molecular formula is C21H22N4O8. The molecule has 33 heavy (non-hydrogen) atoms. The van der Waals surface area contributed by atoms with E-state index in [1.807, 2.05) is 0 Å². The van der Waals surface area contributed by atoms with Gasteiger partial charge in [0.15, 0.2) is 17.8 Å². The maximum Gasteiger partial charge on any atom is 0.228 e. The minimum absolute atomic E-state index is 0.128. The lowest BCUT2D eigenvalue weighted by Gasteiger charge is -2.42. The van der Waals surface area contributed by atoms with Gasteiger partial charge < -0.3 is 30.1 Å². The number of nitrogens with one attached hydrogen (secondary N) is 1. The van der Waals surface area contributed by atoms with Gasteiger partial charge in [-0.25, -0.2) is 4.68 Å². The molecule has 1 saturated heterocycles. The molecular weight excluding hydrogens is 436 g/mol. The SMILES string of the molecule is CC(=O)N[C@@H]1[C@@H](O)[C@H](O)[C@@H](CO)O[C@H]1n1cc(COC2=CC(=O)c3ccccc3C2=O)nn1. The summed E-state index contributed by atoms with van der Waals surface area (Å²) in [6.07, 6.45) is -2.55. The fourth-order valence-corrected chi connectivity index (χ4v) is 3.77. The molecule has 2 aromatic rings. The Bertz CT molecular complexity index is 1110. The lowest BCUT2D eigenvalue weighted by Crippen LogP contribution is -2.62. The highest BCUT2D eigenvalue weighted by Gasteiger charge is 2.46. The average Bonchev–Trinajstić information content (AvgIpc) is 3.27. The number of rotatable bonds is 6. The van der Waals surface area contributed by atoms with Crippen LogP contribution in [0.2, 0.25) is 0 Å². The molecule has 0 bridgehead atoms.